The molecule has 0 aromatic heterocycles. The van der Waals surface area contributed by atoms with Gasteiger partial charge in [-0.1, -0.05) is 0 Å². The van der Waals surface area contributed by atoms with E-state index in [2.05, 4.69) is 4.74 Å². The van der Waals surface area contributed by atoms with Crippen LogP contribution >= 0.6 is 0 Å². The van der Waals surface area contributed by atoms with Crippen LogP contribution in [0, 0.1) is 0 Å². The van der Waals surface area contributed by atoms with Crippen LogP contribution in [-0.2, 0) is 14.9 Å². The molecule has 0 rings (SSSR count). The van der Waals surface area contributed by atoms with Gasteiger partial charge in [0.2, 0.25) is 0 Å². The molecule has 0 aromatic rings. The lowest BCUT2D eigenvalue weighted by Gasteiger charge is -2.18. The molecule has 0 aliphatic carbocycles. The van der Waals surface area contributed by atoms with Gasteiger partial charge < -0.3 is 9.29 Å². The summed E-state index contributed by atoms with van der Waals surface area (Å²) in [4.78, 5) is 0. The van der Waals surface area contributed by atoms with Gasteiger partial charge in [-0.3, -0.25) is 0 Å². The molecule has 0 saturated heterocycles. The van der Waals surface area contributed by atoms with Gasteiger partial charge in [0.1, 0.15) is 0 Å². The van der Waals surface area contributed by atoms with E-state index in [1.54, 1.807) is 13.8 Å². The lowest BCUT2D eigenvalue weighted by molar-refractivity contribution is 0.0107. The number of hydrogen-bond acceptors (Lipinski definition) is 4. The first-order chi connectivity index (χ1) is 5.67. The molecule has 0 aliphatic heterocycles. The molecular weight excluding hydrogens is 206 g/mol. The van der Waals surface area contributed by atoms with Crippen LogP contribution in [0.1, 0.15) is 13.8 Å². The maximum Gasteiger partial charge on any atom is 0.367 e. The fourth-order valence-electron chi connectivity index (χ4n) is 0.378. The molecule has 0 aromatic carbocycles. The lowest BCUT2D eigenvalue weighted by Crippen LogP contribution is -2.33. The van der Waals surface area contributed by atoms with Crippen molar-refractivity contribution in [2.24, 2.45) is 0 Å². The molecule has 0 heterocycles. The molecule has 0 amide bonds. The largest absolute Gasteiger partial charge is 0.743 e. The van der Waals surface area contributed by atoms with E-state index in [9.17, 15) is 21.8 Å². The summed E-state index contributed by atoms with van der Waals surface area (Å²) in [6, 6.07) is 0. The number of hydrogen-bond donors (Lipinski definition) is 0. The third kappa shape index (κ3) is 4.18. The predicted octanol–water partition coefficient (Wildman–Crippen LogP) is 1.06. The van der Waals surface area contributed by atoms with Crippen LogP contribution in [0.2, 0.25) is 0 Å². The second-order valence-electron chi connectivity index (χ2n) is 2.60. The Bertz CT molecular complexity index is 290. The number of alkyl halides is 2. The molecule has 7 heteroatoms. The van der Waals surface area contributed by atoms with Crippen LogP contribution in [0.5, 0.6) is 0 Å². The lowest BCUT2D eigenvalue weighted by atomic mass is 10.4. The smallest absolute Gasteiger partial charge is 0.367 e. The van der Waals surface area contributed by atoms with Crippen molar-refractivity contribution in [2.75, 3.05) is 6.61 Å². The van der Waals surface area contributed by atoms with E-state index in [0.29, 0.717) is 5.57 Å². The second-order valence-corrected chi connectivity index (χ2v) is 4.10. The average Bonchev–Trinajstić information content (AvgIpc) is 1.82. The summed E-state index contributed by atoms with van der Waals surface area (Å²) in [5.41, 5.74) is 0.582. The normalized spacial score (nSPS) is 12.4. The van der Waals surface area contributed by atoms with Gasteiger partial charge in [-0.25, -0.2) is 8.42 Å². The Labute approximate surface area is 74.9 Å². The first kappa shape index (κ1) is 12.3. The van der Waals surface area contributed by atoms with Crippen LogP contribution < -0.4 is 0 Å². The van der Waals surface area contributed by atoms with E-state index in [1.165, 1.54) is 0 Å². The topological polar surface area (TPSA) is 66.4 Å². The van der Waals surface area contributed by atoms with E-state index in [0.717, 1.165) is 6.26 Å². The minimum atomic E-state index is -5.64. The van der Waals surface area contributed by atoms with Crippen molar-refractivity contribution in [1.29, 1.82) is 0 Å². The zero-order valence-corrected chi connectivity index (χ0v) is 7.90. The molecule has 0 N–H and O–H groups in total. The molecule has 4 nitrogen and oxygen atoms in total. The maximum atomic E-state index is 12.3. The van der Waals surface area contributed by atoms with Crippen molar-refractivity contribution >= 4 is 10.1 Å². The molecule has 78 valence electrons. The molecule has 0 spiro atoms. The first-order valence-electron chi connectivity index (χ1n) is 3.25. The second kappa shape index (κ2) is 4.01. The SMILES string of the molecule is CC(C)=COCC(F)(F)S(=O)(=O)[O-]. The van der Waals surface area contributed by atoms with Crippen molar-refractivity contribution < 1.29 is 26.5 Å². The summed E-state index contributed by atoms with van der Waals surface area (Å²) in [5, 5.41) is -4.38. The third-order valence-corrected chi connectivity index (χ3v) is 1.79. The van der Waals surface area contributed by atoms with Crippen LogP contribution in [-0.4, -0.2) is 24.8 Å². The summed E-state index contributed by atoms with van der Waals surface area (Å²) < 4.78 is 58.6. The van der Waals surface area contributed by atoms with Crippen molar-refractivity contribution in [1.82, 2.24) is 0 Å². The molecular formula is C6H9F2O4S-. The van der Waals surface area contributed by atoms with Gasteiger partial charge in [-0.05, 0) is 19.4 Å². The summed E-state index contributed by atoms with van der Waals surface area (Å²) in [6.07, 6.45) is 0.957. The quantitative estimate of drug-likeness (QED) is 0.519. The minimum absolute atomic E-state index is 0.582. The van der Waals surface area contributed by atoms with E-state index in [-0.39, 0.29) is 0 Å². The van der Waals surface area contributed by atoms with Crippen molar-refractivity contribution in [3.8, 4) is 0 Å². The van der Waals surface area contributed by atoms with Crippen molar-refractivity contribution in [3.63, 3.8) is 0 Å². The summed E-state index contributed by atoms with van der Waals surface area (Å²) in [5.74, 6) is 0. The van der Waals surface area contributed by atoms with Crippen molar-refractivity contribution in [3.05, 3.63) is 11.8 Å². The van der Waals surface area contributed by atoms with Gasteiger partial charge in [0.15, 0.2) is 16.7 Å². The van der Waals surface area contributed by atoms with E-state index in [1.807, 2.05) is 0 Å². The average molecular weight is 215 g/mol. The monoisotopic (exact) mass is 215 g/mol. The van der Waals surface area contributed by atoms with Crippen LogP contribution in [0.3, 0.4) is 0 Å². The fraction of sp³-hybridized carbons (Fsp3) is 0.667. The molecule has 13 heavy (non-hydrogen) atoms. The van der Waals surface area contributed by atoms with Gasteiger partial charge in [-0.15, -0.1) is 0 Å². The summed E-state index contributed by atoms with van der Waals surface area (Å²) >= 11 is 0. The Morgan fingerprint density at radius 1 is 1.54 bits per heavy atom. The number of halogens is 2. The fourth-order valence-corrected chi connectivity index (χ4v) is 0.590. The number of allylic oxidation sites excluding steroid dienone is 1. The summed E-state index contributed by atoms with van der Waals surface area (Å²) in [6.45, 7) is 1.69. The standard InChI is InChI=1S/C6H10F2O4S/c1-5(2)3-12-4-6(7,8)13(9,10)11/h3H,4H2,1-2H3,(H,9,10,11)/p-1. The summed E-state index contributed by atoms with van der Waals surface area (Å²) in [7, 11) is -5.64. The number of ether oxygens (including phenoxy) is 1. The zero-order chi connectivity index (χ0) is 10.7. The highest BCUT2D eigenvalue weighted by atomic mass is 32.2. The zero-order valence-electron chi connectivity index (χ0n) is 7.08. The Morgan fingerprint density at radius 3 is 2.31 bits per heavy atom. The first-order valence-corrected chi connectivity index (χ1v) is 4.66. The highest BCUT2D eigenvalue weighted by Crippen LogP contribution is 2.20. The Morgan fingerprint density at radius 2 is 2.00 bits per heavy atom. The van der Waals surface area contributed by atoms with Crippen molar-refractivity contribution in [2.45, 2.75) is 19.1 Å². The highest BCUT2D eigenvalue weighted by Gasteiger charge is 2.38. The highest BCUT2D eigenvalue weighted by molar-refractivity contribution is 7.86. The molecule has 0 aliphatic rings. The Balaban J connectivity index is 4.30. The van der Waals surface area contributed by atoms with Gasteiger partial charge in [0, 0.05) is 0 Å². The third-order valence-electron chi connectivity index (χ3n) is 0.936. The van der Waals surface area contributed by atoms with Gasteiger partial charge in [0.25, 0.3) is 0 Å². The molecule has 0 radical (unpaired) electrons. The van der Waals surface area contributed by atoms with Gasteiger partial charge >= 0.3 is 5.25 Å². The molecule has 0 bridgehead atoms. The van der Waals surface area contributed by atoms with Gasteiger partial charge in [-0.2, -0.15) is 8.78 Å². The van der Waals surface area contributed by atoms with Crippen LogP contribution in [0.25, 0.3) is 0 Å². The maximum absolute atomic E-state index is 12.3. The number of rotatable bonds is 4. The van der Waals surface area contributed by atoms with Crippen LogP contribution in [0.4, 0.5) is 8.78 Å². The van der Waals surface area contributed by atoms with Gasteiger partial charge in [0.05, 0.1) is 6.26 Å². The minimum Gasteiger partial charge on any atom is -0.743 e. The van der Waals surface area contributed by atoms with E-state index >= 15 is 0 Å². The van der Waals surface area contributed by atoms with E-state index in [4.69, 9.17) is 0 Å². The molecule has 0 fully saturated rings. The molecule has 0 atom stereocenters. The van der Waals surface area contributed by atoms with E-state index < -0.39 is 22.0 Å². The molecule has 0 unspecified atom stereocenters. The van der Waals surface area contributed by atoms with Crippen LogP contribution in [0.15, 0.2) is 11.8 Å². The predicted molar refractivity (Wildman–Crippen MR) is 40.0 cm³/mol. The Kier molecular flexibility index (Phi) is 3.80. The molecule has 0 saturated carbocycles. The Hall–Kier alpha value is -0.690.